The highest BCUT2D eigenvalue weighted by atomic mass is 79.9. The number of rotatable bonds is 6. The summed E-state index contributed by atoms with van der Waals surface area (Å²) in [5, 5.41) is 0. The van der Waals surface area contributed by atoms with E-state index in [1.165, 1.54) is 12.1 Å². The molecule has 0 amide bonds. The quantitative estimate of drug-likeness (QED) is 0.657. The van der Waals surface area contributed by atoms with Crippen LogP contribution in [0.3, 0.4) is 0 Å². The number of halogens is 3. The van der Waals surface area contributed by atoms with Crippen LogP contribution in [0.5, 0.6) is 0 Å². The van der Waals surface area contributed by atoms with Crippen molar-refractivity contribution in [2.75, 3.05) is 0 Å². The fourth-order valence-electron chi connectivity index (χ4n) is 1.70. The lowest BCUT2D eigenvalue weighted by molar-refractivity contribution is 0.564. The Balaban J connectivity index is 2.37. The summed E-state index contributed by atoms with van der Waals surface area (Å²) in [6.07, 6.45) is 4.94. The first kappa shape index (κ1) is 13.6. The van der Waals surface area contributed by atoms with Gasteiger partial charge in [0.1, 0.15) is 11.6 Å². The second kappa shape index (κ2) is 7.00. The fraction of sp³-hybridized carbons (Fsp3) is 0.538. The van der Waals surface area contributed by atoms with Crippen molar-refractivity contribution in [1.29, 1.82) is 0 Å². The number of aryl methyl sites for hydroxylation is 1. The molecule has 1 aromatic rings. The topological polar surface area (TPSA) is 0 Å². The van der Waals surface area contributed by atoms with Gasteiger partial charge >= 0.3 is 0 Å². The van der Waals surface area contributed by atoms with Crippen LogP contribution in [-0.2, 0) is 6.42 Å². The monoisotopic (exact) mass is 290 g/mol. The molecule has 0 aromatic heterocycles. The number of hydrogen-bond acceptors (Lipinski definition) is 0. The van der Waals surface area contributed by atoms with Crippen molar-refractivity contribution in [3.05, 3.63) is 35.4 Å². The lowest BCUT2D eigenvalue weighted by atomic mass is 10.1. The Kier molecular flexibility index (Phi) is 5.96. The highest BCUT2D eigenvalue weighted by molar-refractivity contribution is 9.09. The fourth-order valence-corrected chi connectivity index (χ4v) is 2.48. The summed E-state index contributed by atoms with van der Waals surface area (Å²) in [4.78, 5) is 0.515. The summed E-state index contributed by atoms with van der Waals surface area (Å²) in [7, 11) is 0. The maximum absolute atomic E-state index is 13.3. The van der Waals surface area contributed by atoms with Gasteiger partial charge in [-0.25, -0.2) is 8.78 Å². The van der Waals surface area contributed by atoms with Gasteiger partial charge in [-0.05, 0) is 37.3 Å². The van der Waals surface area contributed by atoms with E-state index in [1.54, 1.807) is 0 Å². The third kappa shape index (κ3) is 4.60. The molecule has 0 aliphatic heterocycles. The van der Waals surface area contributed by atoms with Crippen LogP contribution in [0.25, 0.3) is 0 Å². The van der Waals surface area contributed by atoms with Gasteiger partial charge in [0.2, 0.25) is 0 Å². The minimum Gasteiger partial charge on any atom is -0.207 e. The van der Waals surface area contributed by atoms with Crippen LogP contribution < -0.4 is 0 Å². The Morgan fingerprint density at radius 1 is 1.25 bits per heavy atom. The lowest BCUT2D eigenvalue weighted by Gasteiger charge is -2.08. The van der Waals surface area contributed by atoms with Crippen LogP contribution in [0.4, 0.5) is 8.78 Å². The van der Waals surface area contributed by atoms with Crippen LogP contribution >= 0.6 is 15.9 Å². The van der Waals surface area contributed by atoms with Gasteiger partial charge in [-0.1, -0.05) is 35.3 Å². The summed E-state index contributed by atoms with van der Waals surface area (Å²) in [5.41, 5.74) is 0.609. The largest absolute Gasteiger partial charge is 0.207 e. The molecular weight excluding hydrogens is 274 g/mol. The molecule has 0 nitrogen and oxygen atoms in total. The zero-order valence-electron chi connectivity index (χ0n) is 9.48. The summed E-state index contributed by atoms with van der Waals surface area (Å²) >= 11 is 3.59. The van der Waals surface area contributed by atoms with Crippen molar-refractivity contribution in [3.8, 4) is 0 Å². The number of benzene rings is 1. The maximum Gasteiger partial charge on any atom is 0.129 e. The zero-order valence-corrected chi connectivity index (χ0v) is 11.1. The minimum absolute atomic E-state index is 0.429. The van der Waals surface area contributed by atoms with E-state index in [0.29, 0.717) is 16.8 Å². The second-order valence-corrected chi connectivity index (χ2v) is 5.31. The van der Waals surface area contributed by atoms with Gasteiger partial charge < -0.3 is 0 Å². The van der Waals surface area contributed by atoms with Crippen molar-refractivity contribution in [2.45, 2.75) is 43.9 Å². The van der Waals surface area contributed by atoms with E-state index in [1.807, 2.05) is 0 Å². The minimum atomic E-state index is -0.509. The van der Waals surface area contributed by atoms with Gasteiger partial charge in [0.25, 0.3) is 0 Å². The molecule has 1 aromatic carbocycles. The van der Waals surface area contributed by atoms with Gasteiger partial charge in [-0.3, -0.25) is 0 Å². The van der Waals surface area contributed by atoms with E-state index in [4.69, 9.17) is 0 Å². The van der Waals surface area contributed by atoms with E-state index in [2.05, 4.69) is 22.9 Å². The van der Waals surface area contributed by atoms with Crippen LogP contribution in [0.15, 0.2) is 18.2 Å². The SMILES string of the molecule is CCCC(Br)CCCc1ccc(F)cc1F. The van der Waals surface area contributed by atoms with Gasteiger partial charge in [0, 0.05) is 10.9 Å². The molecule has 0 spiro atoms. The summed E-state index contributed by atoms with van der Waals surface area (Å²) < 4.78 is 25.9. The van der Waals surface area contributed by atoms with E-state index < -0.39 is 11.6 Å². The molecule has 1 rings (SSSR count). The molecule has 0 radical (unpaired) electrons. The third-order valence-electron chi connectivity index (χ3n) is 2.58. The average Bonchev–Trinajstić information content (AvgIpc) is 2.22. The van der Waals surface area contributed by atoms with Crippen LogP contribution in [0.2, 0.25) is 0 Å². The molecule has 90 valence electrons. The molecule has 0 aliphatic rings. The standard InChI is InChI=1S/C13H17BrF2/c1-2-4-11(14)6-3-5-10-7-8-12(15)9-13(10)16/h7-9,11H,2-6H2,1H3. The first-order valence-electron chi connectivity index (χ1n) is 5.71. The predicted molar refractivity (Wildman–Crippen MR) is 66.9 cm³/mol. The number of alkyl halides is 1. The van der Waals surface area contributed by atoms with Gasteiger partial charge in [-0.2, -0.15) is 0 Å². The smallest absolute Gasteiger partial charge is 0.129 e. The van der Waals surface area contributed by atoms with E-state index in [0.717, 1.165) is 31.7 Å². The van der Waals surface area contributed by atoms with E-state index in [9.17, 15) is 8.78 Å². The van der Waals surface area contributed by atoms with Gasteiger partial charge in [-0.15, -0.1) is 0 Å². The van der Waals surface area contributed by atoms with Crippen molar-refractivity contribution in [3.63, 3.8) is 0 Å². The average molecular weight is 291 g/mol. The Hall–Kier alpha value is -0.440. The molecule has 0 heterocycles. The molecule has 0 saturated carbocycles. The van der Waals surface area contributed by atoms with Crippen LogP contribution in [0.1, 0.15) is 38.2 Å². The zero-order chi connectivity index (χ0) is 12.0. The molecule has 0 fully saturated rings. The second-order valence-electron chi connectivity index (χ2n) is 4.01. The van der Waals surface area contributed by atoms with Crippen LogP contribution in [-0.4, -0.2) is 4.83 Å². The Morgan fingerprint density at radius 2 is 2.00 bits per heavy atom. The summed E-state index contributed by atoms with van der Waals surface area (Å²) in [6, 6.07) is 3.80. The highest BCUT2D eigenvalue weighted by Gasteiger charge is 2.06. The molecule has 0 aliphatic carbocycles. The molecule has 0 bridgehead atoms. The van der Waals surface area contributed by atoms with Gasteiger partial charge in [0.15, 0.2) is 0 Å². The van der Waals surface area contributed by atoms with E-state index >= 15 is 0 Å². The van der Waals surface area contributed by atoms with Crippen LogP contribution in [0, 0.1) is 11.6 Å². The van der Waals surface area contributed by atoms with Crippen molar-refractivity contribution in [2.24, 2.45) is 0 Å². The third-order valence-corrected chi connectivity index (χ3v) is 3.50. The van der Waals surface area contributed by atoms with Crippen molar-refractivity contribution < 1.29 is 8.78 Å². The van der Waals surface area contributed by atoms with Crippen molar-refractivity contribution >= 4 is 15.9 Å². The Morgan fingerprint density at radius 3 is 2.62 bits per heavy atom. The molecule has 3 heteroatoms. The van der Waals surface area contributed by atoms with Crippen molar-refractivity contribution in [1.82, 2.24) is 0 Å². The molecule has 16 heavy (non-hydrogen) atoms. The normalized spacial score (nSPS) is 12.8. The summed E-state index contributed by atoms with van der Waals surface area (Å²) in [5.74, 6) is -0.938. The Bertz CT molecular complexity index is 326. The molecule has 0 saturated heterocycles. The predicted octanol–water partition coefficient (Wildman–Crippen LogP) is 4.85. The molecular formula is C13H17BrF2. The van der Waals surface area contributed by atoms with Gasteiger partial charge in [0.05, 0.1) is 0 Å². The summed E-state index contributed by atoms with van der Waals surface area (Å²) in [6.45, 7) is 2.15. The highest BCUT2D eigenvalue weighted by Crippen LogP contribution is 2.18. The Labute approximate surface area is 104 Å². The number of hydrogen-bond donors (Lipinski definition) is 0. The van der Waals surface area contributed by atoms with E-state index in [-0.39, 0.29) is 0 Å². The molecule has 0 N–H and O–H groups in total. The molecule has 1 unspecified atom stereocenters. The first-order valence-corrected chi connectivity index (χ1v) is 6.63. The molecule has 1 atom stereocenters. The lowest BCUT2D eigenvalue weighted by Crippen LogP contribution is -1.99. The maximum atomic E-state index is 13.3. The first-order chi connectivity index (χ1) is 7.63.